The Balaban J connectivity index is 2.07. The minimum Gasteiger partial charge on any atom is -0.491 e. The molecule has 0 spiro atoms. The number of ether oxygens (including phenoxy) is 1. The van der Waals surface area contributed by atoms with Crippen LogP contribution in [0.15, 0.2) is 42.5 Å². The molecule has 1 heterocycles. The van der Waals surface area contributed by atoms with Crippen LogP contribution in [0.1, 0.15) is 16.8 Å². The Labute approximate surface area is 122 Å². The van der Waals surface area contributed by atoms with Crippen molar-refractivity contribution in [1.82, 2.24) is 0 Å². The Morgan fingerprint density at radius 2 is 2.00 bits per heavy atom. The van der Waals surface area contributed by atoms with Gasteiger partial charge in [-0.1, -0.05) is 23.7 Å². The van der Waals surface area contributed by atoms with Crippen molar-refractivity contribution in [3.63, 3.8) is 0 Å². The van der Waals surface area contributed by atoms with Gasteiger partial charge in [0.2, 0.25) is 0 Å². The molecule has 0 amide bonds. The van der Waals surface area contributed by atoms with Crippen LogP contribution in [0.5, 0.6) is 5.75 Å². The van der Waals surface area contributed by atoms with E-state index in [-0.39, 0.29) is 0 Å². The third-order valence-corrected chi connectivity index (χ3v) is 3.64. The van der Waals surface area contributed by atoms with Gasteiger partial charge in [0.05, 0.1) is 23.0 Å². The Bertz CT molecular complexity index is 642. The molecule has 2 aromatic carbocycles. The fourth-order valence-corrected chi connectivity index (χ4v) is 2.68. The largest absolute Gasteiger partial charge is 0.491 e. The first-order valence-corrected chi connectivity index (χ1v) is 6.91. The Kier molecular flexibility index (Phi) is 3.61. The lowest BCUT2D eigenvalue weighted by atomic mass is 10.1. The molecule has 1 aliphatic rings. The number of carbonyl (C=O) groups is 1. The van der Waals surface area contributed by atoms with Gasteiger partial charge in [0.1, 0.15) is 12.0 Å². The molecule has 0 unspecified atom stereocenters. The summed E-state index contributed by atoms with van der Waals surface area (Å²) in [6.07, 6.45) is 1.72. The summed E-state index contributed by atoms with van der Waals surface area (Å²) in [4.78, 5) is 12.9. The summed E-state index contributed by atoms with van der Waals surface area (Å²) < 4.78 is 5.74. The summed E-state index contributed by atoms with van der Waals surface area (Å²) in [6, 6.07) is 13.3. The zero-order chi connectivity index (χ0) is 13.9. The monoisotopic (exact) mass is 287 g/mol. The summed E-state index contributed by atoms with van der Waals surface area (Å²) >= 11 is 6.32. The molecule has 0 N–H and O–H groups in total. The van der Waals surface area contributed by atoms with Crippen LogP contribution in [0.4, 0.5) is 11.4 Å². The maximum Gasteiger partial charge on any atom is 0.150 e. The molecule has 0 saturated carbocycles. The van der Waals surface area contributed by atoms with Crippen LogP contribution >= 0.6 is 11.6 Å². The average molecular weight is 288 g/mol. The van der Waals surface area contributed by atoms with E-state index in [1.807, 2.05) is 30.3 Å². The van der Waals surface area contributed by atoms with E-state index in [2.05, 4.69) is 4.90 Å². The highest BCUT2D eigenvalue weighted by Crippen LogP contribution is 2.38. The summed E-state index contributed by atoms with van der Waals surface area (Å²) in [6.45, 7) is 1.52. The van der Waals surface area contributed by atoms with Gasteiger partial charge in [-0.3, -0.25) is 4.79 Å². The van der Waals surface area contributed by atoms with Gasteiger partial charge in [0.25, 0.3) is 0 Å². The van der Waals surface area contributed by atoms with Crippen LogP contribution < -0.4 is 9.64 Å². The van der Waals surface area contributed by atoms with Crippen molar-refractivity contribution in [2.75, 3.05) is 18.1 Å². The molecule has 0 bridgehead atoms. The Morgan fingerprint density at radius 1 is 1.15 bits per heavy atom. The van der Waals surface area contributed by atoms with Gasteiger partial charge in [0, 0.05) is 12.1 Å². The quantitative estimate of drug-likeness (QED) is 0.780. The number of hydrogen-bond acceptors (Lipinski definition) is 3. The standard InChI is InChI=1S/C16H14ClNO2/c17-13-10-12(11-19)6-7-14(13)18-8-3-9-20-16-5-2-1-4-15(16)18/h1-2,4-7,10-11H,3,8-9H2. The lowest BCUT2D eigenvalue weighted by Gasteiger charge is -2.25. The van der Waals surface area contributed by atoms with E-state index in [9.17, 15) is 4.79 Å². The van der Waals surface area contributed by atoms with E-state index < -0.39 is 0 Å². The number of aldehydes is 1. The zero-order valence-electron chi connectivity index (χ0n) is 10.9. The molecular weight excluding hydrogens is 274 g/mol. The second-order valence-electron chi connectivity index (χ2n) is 4.65. The highest BCUT2D eigenvalue weighted by Gasteiger charge is 2.19. The highest BCUT2D eigenvalue weighted by molar-refractivity contribution is 6.33. The first-order chi connectivity index (χ1) is 9.79. The van der Waals surface area contributed by atoms with Crippen LogP contribution in [-0.2, 0) is 0 Å². The van der Waals surface area contributed by atoms with E-state index in [0.29, 0.717) is 17.2 Å². The van der Waals surface area contributed by atoms with Gasteiger partial charge in [-0.2, -0.15) is 0 Å². The number of nitrogens with zero attached hydrogens (tertiary/aromatic N) is 1. The molecule has 3 rings (SSSR count). The van der Waals surface area contributed by atoms with Crippen LogP contribution in [0.2, 0.25) is 5.02 Å². The predicted octanol–water partition coefficient (Wildman–Crippen LogP) is 4.07. The lowest BCUT2D eigenvalue weighted by Crippen LogP contribution is -2.18. The molecule has 4 heteroatoms. The lowest BCUT2D eigenvalue weighted by molar-refractivity contribution is 0.112. The molecule has 0 aromatic heterocycles. The summed E-state index contributed by atoms with van der Waals surface area (Å²) in [5.41, 5.74) is 2.49. The third-order valence-electron chi connectivity index (χ3n) is 3.34. The normalized spacial score (nSPS) is 14.2. The van der Waals surface area contributed by atoms with E-state index in [0.717, 1.165) is 36.4 Å². The minimum atomic E-state index is 0.575. The maximum atomic E-state index is 10.8. The van der Waals surface area contributed by atoms with Gasteiger partial charge in [-0.25, -0.2) is 0 Å². The molecule has 0 saturated heterocycles. The van der Waals surface area contributed by atoms with Crippen LogP contribution in [-0.4, -0.2) is 19.4 Å². The fraction of sp³-hybridized carbons (Fsp3) is 0.188. The third kappa shape index (κ3) is 2.37. The van der Waals surface area contributed by atoms with Gasteiger partial charge in [-0.05, 0) is 36.8 Å². The number of benzene rings is 2. The summed E-state index contributed by atoms with van der Waals surface area (Å²) in [5.74, 6) is 0.862. The van der Waals surface area contributed by atoms with Crippen molar-refractivity contribution in [1.29, 1.82) is 0 Å². The Morgan fingerprint density at radius 3 is 2.80 bits per heavy atom. The number of para-hydroxylation sites is 2. The average Bonchev–Trinajstić information content (AvgIpc) is 2.69. The maximum absolute atomic E-state index is 10.8. The molecule has 2 aromatic rings. The number of hydrogen-bond donors (Lipinski definition) is 0. The van der Waals surface area contributed by atoms with Gasteiger partial charge in [0.15, 0.2) is 0 Å². The minimum absolute atomic E-state index is 0.575. The first-order valence-electron chi connectivity index (χ1n) is 6.53. The van der Waals surface area contributed by atoms with E-state index in [4.69, 9.17) is 16.3 Å². The van der Waals surface area contributed by atoms with Crippen molar-refractivity contribution in [3.05, 3.63) is 53.1 Å². The molecule has 0 aliphatic carbocycles. The molecule has 0 atom stereocenters. The smallest absolute Gasteiger partial charge is 0.150 e. The number of halogens is 1. The molecule has 1 aliphatic heterocycles. The molecule has 102 valence electrons. The van der Waals surface area contributed by atoms with E-state index >= 15 is 0 Å². The van der Waals surface area contributed by atoms with Gasteiger partial charge in [-0.15, -0.1) is 0 Å². The SMILES string of the molecule is O=Cc1ccc(N2CCCOc3ccccc32)c(Cl)c1. The first kappa shape index (κ1) is 13.0. The molecule has 3 nitrogen and oxygen atoms in total. The fourth-order valence-electron chi connectivity index (χ4n) is 2.39. The van der Waals surface area contributed by atoms with Crippen molar-refractivity contribution >= 4 is 29.3 Å². The molecule has 0 radical (unpaired) electrons. The summed E-state index contributed by atoms with van der Waals surface area (Å²) in [5, 5.41) is 0.575. The van der Waals surface area contributed by atoms with Crippen molar-refractivity contribution in [2.24, 2.45) is 0 Å². The zero-order valence-corrected chi connectivity index (χ0v) is 11.6. The molecule has 0 fully saturated rings. The van der Waals surface area contributed by atoms with E-state index in [1.54, 1.807) is 12.1 Å². The highest BCUT2D eigenvalue weighted by atomic mass is 35.5. The number of fused-ring (bicyclic) bond motifs is 1. The van der Waals surface area contributed by atoms with Crippen LogP contribution in [0.3, 0.4) is 0 Å². The van der Waals surface area contributed by atoms with E-state index in [1.165, 1.54) is 0 Å². The van der Waals surface area contributed by atoms with Crippen molar-refractivity contribution in [3.8, 4) is 5.75 Å². The second-order valence-corrected chi connectivity index (χ2v) is 5.06. The van der Waals surface area contributed by atoms with Crippen LogP contribution in [0, 0.1) is 0 Å². The number of carbonyl (C=O) groups excluding carboxylic acids is 1. The number of rotatable bonds is 2. The number of anilines is 2. The predicted molar refractivity (Wildman–Crippen MR) is 80.4 cm³/mol. The van der Waals surface area contributed by atoms with Crippen molar-refractivity contribution < 1.29 is 9.53 Å². The Hall–Kier alpha value is -2.00. The molecule has 20 heavy (non-hydrogen) atoms. The van der Waals surface area contributed by atoms with Crippen molar-refractivity contribution in [2.45, 2.75) is 6.42 Å². The second kappa shape index (κ2) is 5.55. The van der Waals surface area contributed by atoms with Crippen LogP contribution in [0.25, 0.3) is 0 Å². The molecular formula is C16H14ClNO2. The summed E-state index contributed by atoms with van der Waals surface area (Å²) in [7, 11) is 0. The van der Waals surface area contributed by atoms with Gasteiger partial charge >= 0.3 is 0 Å². The topological polar surface area (TPSA) is 29.5 Å². The van der Waals surface area contributed by atoms with Gasteiger partial charge < -0.3 is 9.64 Å².